The molecule has 0 aliphatic rings. The predicted molar refractivity (Wildman–Crippen MR) is 136 cm³/mol. The van der Waals surface area contributed by atoms with Gasteiger partial charge in [-0.05, 0) is 72.8 Å². The topological polar surface area (TPSA) is 66.0 Å². The van der Waals surface area contributed by atoms with Crippen molar-refractivity contribution in [2.24, 2.45) is 0 Å². The second-order valence-electron chi connectivity index (χ2n) is 7.52. The number of rotatable bonds is 12. The first-order valence-corrected chi connectivity index (χ1v) is 11.4. The van der Waals surface area contributed by atoms with Crippen LogP contribution in [-0.2, 0) is 0 Å². The highest BCUT2D eigenvalue weighted by Crippen LogP contribution is 2.18. The number of hydrogen-bond acceptors (Lipinski definition) is 5. The maximum Gasteiger partial charge on any atom is 0.255 e. The normalized spacial score (nSPS) is 10.3. The van der Waals surface area contributed by atoms with Crippen molar-refractivity contribution in [2.75, 3.05) is 31.7 Å². The van der Waals surface area contributed by atoms with E-state index in [1.165, 1.54) is 0 Å². The zero-order valence-corrected chi connectivity index (χ0v) is 19.3. The molecule has 0 atom stereocenters. The van der Waals surface area contributed by atoms with Gasteiger partial charge in [-0.25, -0.2) is 0 Å². The zero-order valence-electron chi connectivity index (χ0n) is 19.3. The van der Waals surface area contributed by atoms with Crippen molar-refractivity contribution in [1.29, 1.82) is 0 Å². The monoisotopic (exact) mass is 469 g/mol. The summed E-state index contributed by atoms with van der Waals surface area (Å²) in [5.74, 6) is 2.80. The average Bonchev–Trinajstić information content (AvgIpc) is 2.91. The Morgan fingerprint density at radius 3 is 1.29 bits per heavy atom. The SMILES string of the molecule is O=C(Nc1ccc(OCCOc2ccccc2)cc1)c1ccc(OCCOc2ccccc2)cc1. The molecule has 6 nitrogen and oxygen atoms in total. The van der Waals surface area contributed by atoms with Gasteiger partial charge in [-0.2, -0.15) is 0 Å². The standard InChI is InChI=1S/C29H27NO5/c31-29(23-11-15-27(16-12-23)34-21-19-32-25-7-3-1-4-8-25)30-24-13-17-28(18-14-24)35-22-20-33-26-9-5-2-6-10-26/h1-18H,19-22H2,(H,30,31). The lowest BCUT2D eigenvalue weighted by molar-refractivity contribution is 0.102. The largest absolute Gasteiger partial charge is 0.490 e. The minimum absolute atomic E-state index is 0.200. The number of anilines is 1. The highest BCUT2D eigenvalue weighted by atomic mass is 16.5. The second kappa shape index (κ2) is 12.7. The average molecular weight is 470 g/mol. The lowest BCUT2D eigenvalue weighted by Crippen LogP contribution is -2.12. The number of benzene rings is 4. The molecule has 0 saturated carbocycles. The zero-order chi connectivity index (χ0) is 24.1. The summed E-state index contributed by atoms with van der Waals surface area (Å²) < 4.78 is 22.6. The predicted octanol–water partition coefficient (Wildman–Crippen LogP) is 5.85. The van der Waals surface area contributed by atoms with E-state index in [0.717, 1.165) is 11.5 Å². The molecule has 4 aromatic carbocycles. The van der Waals surface area contributed by atoms with Crippen LogP contribution in [0.4, 0.5) is 5.69 Å². The molecule has 0 aliphatic heterocycles. The Balaban J connectivity index is 1.16. The van der Waals surface area contributed by atoms with Crippen LogP contribution in [0, 0.1) is 0 Å². The molecule has 4 rings (SSSR count). The summed E-state index contributed by atoms with van der Waals surface area (Å²) in [7, 11) is 0. The fourth-order valence-corrected chi connectivity index (χ4v) is 3.21. The first-order chi connectivity index (χ1) is 17.3. The van der Waals surface area contributed by atoms with E-state index < -0.39 is 0 Å². The van der Waals surface area contributed by atoms with E-state index in [0.29, 0.717) is 49.2 Å². The second-order valence-corrected chi connectivity index (χ2v) is 7.52. The molecule has 35 heavy (non-hydrogen) atoms. The first kappa shape index (κ1) is 23.7. The van der Waals surface area contributed by atoms with Crippen molar-refractivity contribution in [3.8, 4) is 23.0 Å². The number of nitrogens with one attached hydrogen (secondary N) is 1. The number of para-hydroxylation sites is 2. The van der Waals surface area contributed by atoms with E-state index >= 15 is 0 Å². The summed E-state index contributed by atoms with van der Waals surface area (Å²) in [4.78, 5) is 12.6. The summed E-state index contributed by atoms with van der Waals surface area (Å²) in [6.07, 6.45) is 0. The van der Waals surface area contributed by atoms with Gasteiger partial charge in [-0.1, -0.05) is 36.4 Å². The number of amides is 1. The molecule has 0 heterocycles. The van der Waals surface area contributed by atoms with Crippen molar-refractivity contribution in [3.63, 3.8) is 0 Å². The maximum absolute atomic E-state index is 12.6. The smallest absolute Gasteiger partial charge is 0.255 e. The molecule has 0 unspecified atom stereocenters. The Morgan fingerprint density at radius 2 is 0.857 bits per heavy atom. The molecule has 6 heteroatoms. The van der Waals surface area contributed by atoms with Crippen LogP contribution in [0.1, 0.15) is 10.4 Å². The van der Waals surface area contributed by atoms with Gasteiger partial charge in [0, 0.05) is 11.3 Å². The van der Waals surface area contributed by atoms with Crippen LogP contribution in [0.25, 0.3) is 0 Å². The number of carbonyl (C=O) groups excluding carboxylic acids is 1. The van der Waals surface area contributed by atoms with Crippen LogP contribution in [0.15, 0.2) is 109 Å². The molecule has 0 aromatic heterocycles. The quantitative estimate of drug-likeness (QED) is 0.264. The van der Waals surface area contributed by atoms with Gasteiger partial charge in [0.25, 0.3) is 5.91 Å². The maximum atomic E-state index is 12.6. The Hall–Kier alpha value is -4.45. The summed E-state index contributed by atoms with van der Waals surface area (Å²) in [6, 6.07) is 33.4. The molecule has 0 spiro atoms. The third kappa shape index (κ3) is 7.82. The molecule has 1 N–H and O–H groups in total. The molecule has 0 saturated heterocycles. The Kier molecular flexibility index (Phi) is 8.60. The van der Waals surface area contributed by atoms with Crippen LogP contribution in [0.5, 0.6) is 23.0 Å². The molecule has 0 bridgehead atoms. The molecular formula is C29H27NO5. The van der Waals surface area contributed by atoms with Crippen molar-refractivity contribution in [2.45, 2.75) is 0 Å². The van der Waals surface area contributed by atoms with Gasteiger partial charge in [-0.15, -0.1) is 0 Å². The fraction of sp³-hybridized carbons (Fsp3) is 0.138. The summed E-state index contributed by atoms with van der Waals surface area (Å²) in [5, 5.41) is 2.88. The van der Waals surface area contributed by atoms with Gasteiger partial charge in [0.2, 0.25) is 0 Å². The summed E-state index contributed by atoms with van der Waals surface area (Å²) >= 11 is 0. The van der Waals surface area contributed by atoms with Gasteiger partial charge in [0.1, 0.15) is 49.4 Å². The van der Waals surface area contributed by atoms with Gasteiger partial charge in [0.05, 0.1) is 0 Å². The first-order valence-electron chi connectivity index (χ1n) is 11.4. The van der Waals surface area contributed by atoms with Crippen LogP contribution in [0.3, 0.4) is 0 Å². The van der Waals surface area contributed by atoms with E-state index in [2.05, 4.69) is 5.32 Å². The van der Waals surface area contributed by atoms with Crippen LogP contribution >= 0.6 is 0 Å². The summed E-state index contributed by atoms with van der Waals surface area (Å²) in [5.41, 5.74) is 1.22. The highest BCUT2D eigenvalue weighted by Gasteiger charge is 2.07. The fourth-order valence-electron chi connectivity index (χ4n) is 3.21. The van der Waals surface area contributed by atoms with Gasteiger partial charge in [0.15, 0.2) is 0 Å². The Labute approximate surface area is 205 Å². The van der Waals surface area contributed by atoms with Crippen molar-refractivity contribution in [3.05, 3.63) is 115 Å². The van der Waals surface area contributed by atoms with E-state index in [9.17, 15) is 4.79 Å². The van der Waals surface area contributed by atoms with Gasteiger partial charge >= 0.3 is 0 Å². The molecular weight excluding hydrogens is 442 g/mol. The molecule has 178 valence electrons. The Morgan fingerprint density at radius 1 is 0.486 bits per heavy atom. The van der Waals surface area contributed by atoms with Crippen LogP contribution in [-0.4, -0.2) is 32.3 Å². The van der Waals surface area contributed by atoms with Crippen LogP contribution < -0.4 is 24.3 Å². The number of ether oxygens (including phenoxy) is 4. The van der Waals surface area contributed by atoms with E-state index in [1.807, 2.05) is 72.8 Å². The van der Waals surface area contributed by atoms with Crippen molar-refractivity contribution >= 4 is 11.6 Å². The molecule has 1 amide bonds. The molecule has 4 aromatic rings. The van der Waals surface area contributed by atoms with E-state index in [4.69, 9.17) is 18.9 Å². The third-order valence-corrected chi connectivity index (χ3v) is 4.96. The number of hydrogen-bond donors (Lipinski definition) is 1. The molecule has 0 fully saturated rings. The van der Waals surface area contributed by atoms with Crippen molar-refractivity contribution in [1.82, 2.24) is 0 Å². The van der Waals surface area contributed by atoms with Crippen LogP contribution in [0.2, 0.25) is 0 Å². The van der Waals surface area contributed by atoms with Gasteiger partial charge < -0.3 is 24.3 Å². The molecule has 0 radical (unpaired) electrons. The number of carbonyl (C=O) groups is 1. The Bertz CT molecular complexity index is 1160. The lowest BCUT2D eigenvalue weighted by atomic mass is 10.2. The lowest BCUT2D eigenvalue weighted by Gasteiger charge is -2.10. The van der Waals surface area contributed by atoms with E-state index in [1.54, 1.807) is 36.4 Å². The minimum Gasteiger partial charge on any atom is -0.490 e. The van der Waals surface area contributed by atoms with Gasteiger partial charge in [-0.3, -0.25) is 4.79 Å². The molecule has 0 aliphatic carbocycles. The summed E-state index contributed by atoms with van der Waals surface area (Å²) in [6.45, 7) is 1.72. The minimum atomic E-state index is -0.200. The third-order valence-electron chi connectivity index (χ3n) is 4.96. The van der Waals surface area contributed by atoms with E-state index in [-0.39, 0.29) is 5.91 Å². The highest BCUT2D eigenvalue weighted by molar-refractivity contribution is 6.04. The van der Waals surface area contributed by atoms with Crippen molar-refractivity contribution < 1.29 is 23.7 Å².